The summed E-state index contributed by atoms with van der Waals surface area (Å²) in [5.74, 6) is 0.514. The van der Waals surface area contributed by atoms with Crippen LogP contribution < -0.4 is 5.32 Å². The molecule has 0 saturated carbocycles. The van der Waals surface area contributed by atoms with Crippen LogP contribution in [0.3, 0.4) is 0 Å². The van der Waals surface area contributed by atoms with E-state index >= 15 is 0 Å². The fourth-order valence-electron chi connectivity index (χ4n) is 0.941. The zero-order valence-corrected chi connectivity index (χ0v) is 9.26. The Labute approximate surface area is 80.8 Å². The Morgan fingerprint density at radius 1 is 1.31 bits per heavy atom. The number of hydrogen-bond donors (Lipinski definition) is 1. The third-order valence-electron chi connectivity index (χ3n) is 2.18. The molecule has 0 rings (SSSR count). The predicted octanol–water partition coefficient (Wildman–Crippen LogP) is 1.43. The van der Waals surface area contributed by atoms with Gasteiger partial charge in [-0.25, -0.2) is 0 Å². The number of nitrogens with one attached hydrogen (secondary N) is 1. The average Bonchev–Trinajstić information content (AvgIpc) is 2.04. The third kappa shape index (κ3) is 4.88. The van der Waals surface area contributed by atoms with E-state index in [1.165, 1.54) is 0 Å². The molecule has 0 spiro atoms. The van der Waals surface area contributed by atoms with Crippen molar-refractivity contribution in [2.75, 3.05) is 13.7 Å². The van der Waals surface area contributed by atoms with Crippen molar-refractivity contribution in [2.24, 2.45) is 11.8 Å². The monoisotopic (exact) mass is 187 g/mol. The van der Waals surface area contributed by atoms with Gasteiger partial charge >= 0.3 is 0 Å². The molecule has 0 fully saturated rings. The molecule has 0 aliphatic carbocycles. The van der Waals surface area contributed by atoms with Crippen LogP contribution in [0.2, 0.25) is 0 Å². The van der Waals surface area contributed by atoms with E-state index in [4.69, 9.17) is 4.74 Å². The van der Waals surface area contributed by atoms with Crippen LogP contribution in [-0.2, 0) is 9.53 Å². The van der Waals surface area contributed by atoms with Crippen LogP contribution in [0.5, 0.6) is 0 Å². The fraction of sp³-hybridized carbons (Fsp3) is 0.900. The van der Waals surface area contributed by atoms with Crippen LogP contribution in [0.25, 0.3) is 0 Å². The van der Waals surface area contributed by atoms with Gasteiger partial charge in [-0.15, -0.1) is 0 Å². The molecule has 0 aromatic heterocycles. The zero-order chi connectivity index (χ0) is 10.4. The number of methoxy groups -OCH3 is 1. The highest BCUT2D eigenvalue weighted by Crippen LogP contribution is 2.03. The number of rotatable bonds is 5. The standard InChI is InChI=1S/C10H21NO2/c1-7(2)10(12)11-9(4)8(3)6-13-5/h7-9H,6H2,1-5H3,(H,11,12)/t8-,9-/m0/s1. The van der Waals surface area contributed by atoms with Gasteiger partial charge in [0.25, 0.3) is 0 Å². The molecule has 0 aliphatic rings. The van der Waals surface area contributed by atoms with Crippen molar-refractivity contribution in [1.82, 2.24) is 5.32 Å². The van der Waals surface area contributed by atoms with Gasteiger partial charge in [-0.3, -0.25) is 4.79 Å². The van der Waals surface area contributed by atoms with Crippen LogP contribution in [0, 0.1) is 11.8 Å². The predicted molar refractivity (Wildman–Crippen MR) is 53.5 cm³/mol. The first kappa shape index (κ1) is 12.4. The van der Waals surface area contributed by atoms with Crippen molar-refractivity contribution in [2.45, 2.75) is 33.7 Å². The third-order valence-corrected chi connectivity index (χ3v) is 2.18. The second kappa shape index (κ2) is 5.97. The van der Waals surface area contributed by atoms with E-state index in [2.05, 4.69) is 12.2 Å². The summed E-state index contributed by atoms with van der Waals surface area (Å²) >= 11 is 0. The van der Waals surface area contributed by atoms with Gasteiger partial charge < -0.3 is 10.1 Å². The molecule has 0 radical (unpaired) electrons. The molecule has 13 heavy (non-hydrogen) atoms. The van der Waals surface area contributed by atoms with Gasteiger partial charge in [0.15, 0.2) is 0 Å². The topological polar surface area (TPSA) is 38.3 Å². The Bertz CT molecular complexity index is 157. The summed E-state index contributed by atoms with van der Waals surface area (Å²) < 4.78 is 5.02. The molecule has 0 heterocycles. The first-order chi connectivity index (χ1) is 5.99. The summed E-state index contributed by atoms with van der Waals surface area (Å²) in [5.41, 5.74) is 0. The highest BCUT2D eigenvalue weighted by atomic mass is 16.5. The van der Waals surface area contributed by atoms with Gasteiger partial charge in [0, 0.05) is 19.1 Å². The van der Waals surface area contributed by atoms with E-state index in [1.54, 1.807) is 7.11 Å². The number of amides is 1. The Morgan fingerprint density at radius 2 is 1.85 bits per heavy atom. The minimum Gasteiger partial charge on any atom is -0.384 e. The van der Waals surface area contributed by atoms with Crippen molar-refractivity contribution in [1.29, 1.82) is 0 Å². The maximum atomic E-state index is 11.3. The molecule has 3 heteroatoms. The van der Waals surface area contributed by atoms with Gasteiger partial charge in [-0.1, -0.05) is 20.8 Å². The van der Waals surface area contributed by atoms with Gasteiger partial charge in [0.2, 0.25) is 5.91 Å². The molecular weight excluding hydrogens is 166 g/mol. The number of carbonyl (C=O) groups excluding carboxylic acids is 1. The molecular formula is C10H21NO2. The lowest BCUT2D eigenvalue weighted by Gasteiger charge is -2.21. The molecule has 1 amide bonds. The van der Waals surface area contributed by atoms with E-state index in [-0.39, 0.29) is 17.9 Å². The molecule has 0 bridgehead atoms. The molecule has 0 aliphatic heterocycles. The van der Waals surface area contributed by atoms with Crippen molar-refractivity contribution in [3.05, 3.63) is 0 Å². The molecule has 0 saturated heterocycles. The fourth-order valence-corrected chi connectivity index (χ4v) is 0.941. The molecule has 1 N–H and O–H groups in total. The Hall–Kier alpha value is -0.570. The lowest BCUT2D eigenvalue weighted by molar-refractivity contribution is -0.125. The van der Waals surface area contributed by atoms with E-state index in [1.807, 2.05) is 20.8 Å². The highest BCUT2D eigenvalue weighted by molar-refractivity contribution is 5.78. The first-order valence-electron chi connectivity index (χ1n) is 4.78. The average molecular weight is 187 g/mol. The van der Waals surface area contributed by atoms with Gasteiger partial charge in [0.1, 0.15) is 0 Å². The number of carbonyl (C=O) groups is 1. The van der Waals surface area contributed by atoms with Gasteiger partial charge in [-0.2, -0.15) is 0 Å². The largest absolute Gasteiger partial charge is 0.384 e. The lowest BCUT2D eigenvalue weighted by Crippen LogP contribution is -2.40. The van der Waals surface area contributed by atoms with E-state index in [0.717, 1.165) is 0 Å². The molecule has 0 unspecified atom stereocenters. The van der Waals surface area contributed by atoms with Crippen LogP contribution in [-0.4, -0.2) is 25.7 Å². The maximum absolute atomic E-state index is 11.3. The van der Waals surface area contributed by atoms with Gasteiger partial charge in [0.05, 0.1) is 6.61 Å². The summed E-state index contributed by atoms with van der Waals surface area (Å²) in [6, 6.07) is 0.176. The summed E-state index contributed by atoms with van der Waals surface area (Å²) in [5, 5.41) is 2.94. The molecule has 3 nitrogen and oxygen atoms in total. The maximum Gasteiger partial charge on any atom is 0.222 e. The van der Waals surface area contributed by atoms with Crippen molar-refractivity contribution in [3.63, 3.8) is 0 Å². The smallest absolute Gasteiger partial charge is 0.222 e. The highest BCUT2D eigenvalue weighted by Gasteiger charge is 2.15. The molecule has 0 aromatic carbocycles. The Balaban J connectivity index is 3.85. The van der Waals surface area contributed by atoms with E-state index < -0.39 is 0 Å². The molecule has 78 valence electrons. The molecule has 2 atom stereocenters. The van der Waals surface area contributed by atoms with Crippen LogP contribution in [0.4, 0.5) is 0 Å². The minimum atomic E-state index is 0.0530. The van der Waals surface area contributed by atoms with Crippen LogP contribution >= 0.6 is 0 Å². The van der Waals surface area contributed by atoms with Crippen molar-refractivity contribution < 1.29 is 9.53 Å². The molecule has 0 aromatic rings. The second-order valence-electron chi connectivity index (χ2n) is 3.88. The van der Waals surface area contributed by atoms with Crippen molar-refractivity contribution in [3.8, 4) is 0 Å². The summed E-state index contributed by atoms with van der Waals surface area (Å²) in [6.45, 7) is 8.53. The van der Waals surface area contributed by atoms with Crippen molar-refractivity contribution >= 4 is 5.91 Å². The lowest BCUT2D eigenvalue weighted by atomic mass is 10.0. The Morgan fingerprint density at radius 3 is 2.23 bits per heavy atom. The van der Waals surface area contributed by atoms with Crippen LogP contribution in [0.15, 0.2) is 0 Å². The summed E-state index contributed by atoms with van der Waals surface area (Å²) in [4.78, 5) is 11.3. The summed E-state index contributed by atoms with van der Waals surface area (Å²) in [6.07, 6.45) is 0. The normalized spacial score (nSPS) is 15.5. The Kier molecular flexibility index (Phi) is 5.71. The number of hydrogen-bond acceptors (Lipinski definition) is 2. The summed E-state index contributed by atoms with van der Waals surface area (Å²) in [7, 11) is 1.67. The minimum absolute atomic E-state index is 0.0530. The SMILES string of the molecule is COC[C@H](C)[C@H](C)NC(=O)C(C)C. The quantitative estimate of drug-likeness (QED) is 0.707. The zero-order valence-electron chi connectivity index (χ0n) is 9.26. The second-order valence-corrected chi connectivity index (χ2v) is 3.88. The number of ether oxygens (including phenoxy) is 1. The van der Waals surface area contributed by atoms with Gasteiger partial charge in [-0.05, 0) is 12.8 Å². The van der Waals surface area contributed by atoms with Crippen LogP contribution in [0.1, 0.15) is 27.7 Å². The van der Waals surface area contributed by atoms with E-state index in [9.17, 15) is 4.79 Å². The first-order valence-corrected chi connectivity index (χ1v) is 4.78. The van der Waals surface area contributed by atoms with E-state index in [0.29, 0.717) is 12.5 Å².